The van der Waals surface area contributed by atoms with Crippen molar-refractivity contribution in [1.29, 1.82) is 0 Å². The minimum Gasteiger partial charge on any atom is -0.457 e. The quantitative estimate of drug-likeness (QED) is 0.377. The number of Topliss-reactive ketones (excluding diaryl/α,β-unsaturated/α-hetero) is 1. The molecule has 2 heterocycles. The van der Waals surface area contributed by atoms with Crippen molar-refractivity contribution in [2.75, 3.05) is 0 Å². The molecular weight excluding hydrogens is 446 g/mol. The summed E-state index contributed by atoms with van der Waals surface area (Å²) in [4.78, 5) is 30.8. The molecule has 6 heteroatoms. The Morgan fingerprint density at radius 1 is 1.21 bits per heavy atom. The van der Waals surface area contributed by atoms with Crippen molar-refractivity contribution in [3.63, 3.8) is 0 Å². The minimum atomic E-state index is -0.746. The van der Waals surface area contributed by atoms with Crippen LogP contribution in [0.3, 0.4) is 0 Å². The van der Waals surface area contributed by atoms with Crippen LogP contribution < -0.4 is 0 Å². The highest BCUT2D eigenvalue weighted by Crippen LogP contribution is 2.36. The zero-order chi connectivity index (χ0) is 25.6. The Morgan fingerprint density at radius 3 is 2.50 bits per heavy atom. The van der Waals surface area contributed by atoms with E-state index in [-0.39, 0.29) is 36.1 Å². The lowest BCUT2D eigenvalue weighted by atomic mass is 9.69. The van der Waals surface area contributed by atoms with Crippen molar-refractivity contribution < 1.29 is 19.4 Å². The van der Waals surface area contributed by atoms with E-state index in [0.29, 0.717) is 6.42 Å². The highest BCUT2D eigenvalue weighted by atomic mass is 32.1. The average molecular weight is 490 g/mol. The predicted octanol–water partition coefficient (Wildman–Crippen LogP) is 6.54. The number of hydrogen-bond donors (Lipinski definition) is 1. The number of ether oxygens (including phenoxy) is 1. The second kappa shape index (κ2) is 12.3. The molecule has 0 radical (unpaired) electrons. The standard InChI is InChI=1S/C28H43NO4S/c1-17-11-9-10-12-18(2)26(31)21(5)27(32)28(7,8)20(4)15-25(30)33-24(13-17)19(3)14-23-16-34-22(6)29-23/h11,14,16,18,20-21,24,26,31H,9-10,12-13,15H2,1-8H3/b17-11-,19-14+/t18-,20-,21+,24-,26-/m0/s1. The molecule has 1 aromatic heterocycles. The number of rotatable bonds is 2. The number of nitrogens with zero attached hydrogens (tertiary/aromatic N) is 1. The molecule has 1 aromatic rings. The number of carbonyl (C=O) groups excluding carboxylic acids is 2. The largest absolute Gasteiger partial charge is 0.457 e. The first kappa shape index (κ1) is 28.4. The molecule has 5 atom stereocenters. The Labute approximate surface area is 209 Å². The molecule has 2 rings (SSSR count). The van der Waals surface area contributed by atoms with Gasteiger partial charge in [-0.05, 0) is 63.5 Å². The van der Waals surface area contributed by atoms with Gasteiger partial charge >= 0.3 is 5.97 Å². The van der Waals surface area contributed by atoms with Crippen molar-refractivity contribution >= 4 is 29.2 Å². The van der Waals surface area contributed by atoms with Gasteiger partial charge in [-0.25, -0.2) is 4.98 Å². The topological polar surface area (TPSA) is 76.5 Å². The normalized spacial score (nSPS) is 32.1. The third-order valence-electron chi connectivity index (χ3n) is 7.51. The molecule has 5 nitrogen and oxygen atoms in total. The average Bonchev–Trinajstić information content (AvgIpc) is 3.17. The van der Waals surface area contributed by atoms with Crippen molar-refractivity contribution in [3.05, 3.63) is 33.3 Å². The Hall–Kier alpha value is -1.79. The molecule has 0 aliphatic carbocycles. The van der Waals surface area contributed by atoms with E-state index in [1.165, 1.54) is 5.57 Å². The van der Waals surface area contributed by atoms with Crippen molar-refractivity contribution in [1.82, 2.24) is 4.98 Å². The zero-order valence-electron chi connectivity index (χ0n) is 22.2. The van der Waals surface area contributed by atoms with E-state index in [0.717, 1.165) is 35.5 Å². The van der Waals surface area contributed by atoms with Gasteiger partial charge in [0.25, 0.3) is 0 Å². The number of allylic oxidation sites excluding steroid dienone is 1. The third-order valence-corrected chi connectivity index (χ3v) is 8.30. The molecule has 0 unspecified atom stereocenters. The second-order valence-corrected chi connectivity index (χ2v) is 11.9. The SMILES string of the molecule is C/C1=C/CCC[C@H](C)[C@H](O)[C@@H](C)C(=O)C(C)(C)[C@@H](C)CC(=O)O[C@H](/C(C)=C/c2csc(C)n2)C1. The van der Waals surface area contributed by atoms with Crippen LogP contribution in [0.1, 0.15) is 91.3 Å². The van der Waals surface area contributed by atoms with Crippen molar-refractivity contribution in [3.8, 4) is 0 Å². The van der Waals surface area contributed by atoms with Crippen LogP contribution in [0.2, 0.25) is 0 Å². The molecule has 0 saturated heterocycles. The van der Waals surface area contributed by atoms with E-state index in [1.54, 1.807) is 11.3 Å². The molecular formula is C28H43NO4S. The summed E-state index contributed by atoms with van der Waals surface area (Å²) in [6.07, 6.45) is 6.61. The first-order chi connectivity index (χ1) is 15.8. The lowest BCUT2D eigenvalue weighted by molar-refractivity contribution is -0.150. The molecule has 0 amide bonds. The Bertz CT molecular complexity index is 913. The summed E-state index contributed by atoms with van der Waals surface area (Å²) in [6, 6.07) is 0. The van der Waals surface area contributed by atoms with E-state index in [9.17, 15) is 14.7 Å². The lowest BCUT2D eigenvalue weighted by Crippen LogP contribution is -2.42. The van der Waals surface area contributed by atoms with Crippen LogP contribution in [0.15, 0.2) is 22.6 Å². The molecule has 1 aliphatic heterocycles. The molecule has 34 heavy (non-hydrogen) atoms. The van der Waals surface area contributed by atoms with Crippen LogP contribution in [-0.4, -0.2) is 34.1 Å². The molecule has 0 spiro atoms. The third kappa shape index (κ3) is 7.61. The highest BCUT2D eigenvalue weighted by Gasteiger charge is 2.41. The van der Waals surface area contributed by atoms with Gasteiger partial charge in [-0.2, -0.15) is 0 Å². The number of ketones is 1. The van der Waals surface area contributed by atoms with Crippen LogP contribution in [0.5, 0.6) is 0 Å². The summed E-state index contributed by atoms with van der Waals surface area (Å²) in [5.74, 6) is -0.957. The monoisotopic (exact) mass is 489 g/mol. The first-order valence-electron chi connectivity index (χ1n) is 12.5. The summed E-state index contributed by atoms with van der Waals surface area (Å²) in [5.41, 5.74) is 2.27. The number of aryl methyl sites for hydroxylation is 1. The smallest absolute Gasteiger partial charge is 0.306 e. The van der Waals surface area contributed by atoms with Gasteiger partial charge < -0.3 is 9.84 Å². The number of aromatic nitrogens is 1. The van der Waals surface area contributed by atoms with E-state index in [4.69, 9.17) is 4.74 Å². The predicted molar refractivity (Wildman–Crippen MR) is 140 cm³/mol. The zero-order valence-corrected chi connectivity index (χ0v) is 23.0. The molecule has 1 aliphatic rings. The summed E-state index contributed by atoms with van der Waals surface area (Å²) < 4.78 is 5.99. The van der Waals surface area contributed by atoms with Crippen LogP contribution in [-0.2, 0) is 14.3 Å². The molecule has 0 fully saturated rings. The summed E-state index contributed by atoms with van der Waals surface area (Å²) in [7, 11) is 0. The fourth-order valence-electron chi connectivity index (χ4n) is 4.59. The minimum absolute atomic E-state index is 0.00140. The summed E-state index contributed by atoms with van der Waals surface area (Å²) in [5, 5.41) is 13.8. The Kier molecular flexibility index (Phi) is 10.3. The lowest BCUT2D eigenvalue weighted by Gasteiger charge is -2.35. The molecule has 0 saturated carbocycles. The van der Waals surface area contributed by atoms with E-state index >= 15 is 0 Å². The number of thiazole rings is 1. The van der Waals surface area contributed by atoms with Gasteiger partial charge in [0, 0.05) is 29.6 Å². The van der Waals surface area contributed by atoms with Crippen LogP contribution >= 0.6 is 11.3 Å². The molecule has 0 bridgehead atoms. The van der Waals surface area contributed by atoms with Gasteiger partial charge in [0.15, 0.2) is 0 Å². The first-order valence-corrected chi connectivity index (χ1v) is 13.4. The number of carbonyl (C=O) groups is 2. The Balaban J connectivity index is 2.33. The van der Waals surface area contributed by atoms with E-state index < -0.39 is 17.4 Å². The summed E-state index contributed by atoms with van der Waals surface area (Å²) >= 11 is 1.60. The van der Waals surface area contributed by atoms with Crippen LogP contribution in [0, 0.1) is 30.1 Å². The number of hydrogen-bond acceptors (Lipinski definition) is 6. The maximum Gasteiger partial charge on any atom is 0.306 e. The summed E-state index contributed by atoms with van der Waals surface area (Å²) in [6.45, 7) is 15.6. The highest BCUT2D eigenvalue weighted by molar-refractivity contribution is 7.09. The van der Waals surface area contributed by atoms with Crippen LogP contribution in [0.25, 0.3) is 6.08 Å². The van der Waals surface area contributed by atoms with Gasteiger partial charge in [-0.1, -0.05) is 46.3 Å². The van der Waals surface area contributed by atoms with Gasteiger partial charge in [-0.3, -0.25) is 9.59 Å². The van der Waals surface area contributed by atoms with Crippen molar-refractivity contribution in [2.24, 2.45) is 23.2 Å². The molecule has 0 aromatic carbocycles. The van der Waals surface area contributed by atoms with Gasteiger partial charge in [0.2, 0.25) is 0 Å². The maximum atomic E-state index is 13.3. The number of aliphatic hydroxyl groups excluding tert-OH is 1. The molecule has 190 valence electrons. The second-order valence-electron chi connectivity index (χ2n) is 10.8. The fourth-order valence-corrected chi connectivity index (χ4v) is 5.16. The number of aliphatic hydroxyl groups is 1. The maximum absolute atomic E-state index is 13.3. The van der Waals surface area contributed by atoms with Crippen molar-refractivity contribution in [2.45, 2.75) is 99.7 Å². The Morgan fingerprint density at radius 2 is 1.88 bits per heavy atom. The van der Waals surface area contributed by atoms with E-state index in [1.807, 2.05) is 59.9 Å². The van der Waals surface area contributed by atoms with Gasteiger partial charge in [0.1, 0.15) is 11.9 Å². The van der Waals surface area contributed by atoms with Gasteiger partial charge in [0.05, 0.1) is 16.8 Å². The number of esters is 1. The molecule has 1 N–H and O–H groups in total. The van der Waals surface area contributed by atoms with Crippen LogP contribution in [0.4, 0.5) is 0 Å². The van der Waals surface area contributed by atoms with Gasteiger partial charge in [-0.15, -0.1) is 11.3 Å². The fraction of sp³-hybridized carbons (Fsp3) is 0.679. The van der Waals surface area contributed by atoms with E-state index in [2.05, 4.69) is 18.0 Å². The number of cyclic esters (lactones) is 1.